The molecule has 0 spiro atoms. The number of aromatic nitrogens is 2. The molecule has 16 heavy (non-hydrogen) atoms. The second-order valence-electron chi connectivity index (χ2n) is 4.01. The Balaban J connectivity index is 2.09. The van der Waals surface area contributed by atoms with E-state index in [1.165, 1.54) is 0 Å². The van der Waals surface area contributed by atoms with Crippen molar-refractivity contribution in [2.24, 2.45) is 0 Å². The molecule has 1 N–H and O–H groups in total. The van der Waals surface area contributed by atoms with Crippen LogP contribution in [0.25, 0.3) is 0 Å². The van der Waals surface area contributed by atoms with Gasteiger partial charge in [0, 0.05) is 19.7 Å². The van der Waals surface area contributed by atoms with E-state index < -0.39 is 0 Å². The van der Waals surface area contributed by atoms with Crippen LogP contribution in [0.3, 0.4) is 0 Å². The molecule has 0 amide bonds. The van der Waals surface area contributed by atoms with Gasteiger partial charge in [-0.05, 0) is 13.3 Å². The quantitative estimate of drug-likeness (QED) is 0.795. The number of ether oxygens (including phenoxy) is 1. The Morgan fingerprint density at radius 3 is 3.06 bits per heavy atom. The summed E-state index contributed by atoms with van der Waals surface area (Å²) in [6, 6.07) is 0. The van der Waals surface area contributed by atoms with E-state index in [4.69, 9.17) is 9.84 Å². The summed E-state index contributed by atoms with van der Waals surface area (Å²) in [5, 5.41) is 8.89. The Morgan fingerprint density at radius 2 is 2.38 bits per heavy atom. The maximum absolute atomic E-state index is 8.89. The smallest absolute Gasteiger partial charge is 0.147 e. The van der Waals surface area contributed by atoms with Gasteiger partial charge in [-0.2, -0.15) is 0 Å². The lowest BCUT2D eigenvalue weighted by molar-refractivity contribution is 0.0820. The SMILES string of the molecule is CC1CN(c2cnc(CO)cn2)CCCO1. The molecule has 1 aromatic rings. The molecule has 1 aliphatic rings. The van der Waals surface area contributed by atoms with Crippen molar-refractivity contribution in [2.75, 3.05) is 24.6 Å². The molecule has 0 bridgehead atoms. The van der Waals surface area contributed by atoms with Crippen molar-refractivity contribution in [1.29, 1.82) is 0 Å². The van der Waals surface area contributed by atoms with Gasteiger partial charge in [-0.25, -0.2) is 4.98 Å². The standard InChI is InChI=1S/C11H17N3O2/c1-9-7-14(3-2-4-16-9)11-6-12-10(8-15)5-13-11/h5-6,9,15H,2-4,7-8H2,1H3. The highest BCUT2D eigenvalue weighted by Crippen LogP contribution is 2.14. The second-order valence-corrected chi connectivity index (χ2v) is 4.01. The molecule has 88 valence electrons. The zero-order valence-corrected chi connectivity index (χ0v) is 9.46. The van der Waals surface area contributed by atoms with Crippen LogP contribution in [0.4, 0.5) is 5.82 Å². The minimum absolute atomic E-state index is 0.0627. The number of anilines is 1. The molecule has 1 saturated heterocycles. The lowest BCUT2D eigenvalue weighted by Gasteiger charge is -2.22. The molecular formula is C11H17N3O2. The van der Waals surface area contributed by atoms with E-state index in [-0.39, 0.29) is 12.7 Å². The third kappa shape index (κ3) is 2.68. The zero-order valence-electron chi connectivity index (χ0n) is 9.46. The van der Waals surface area contributed by atoms with Crippen LogP contribution in [-0.2, 0) is 11.3 Å². The summed E-state index contributed by atoms with van der Waals surface area (Å²) in [5.74, 6) is 0.856. The van der Waals surface area contributed by atoms with Gasteiger partial charge in [0.15, 0.2) is 0 Å². The molecule has 5 nitrogen and oxygen atoms in total. The van der Waals surface area contributed by atoms with Crippen molar-refractivity contribution in [3.8, 4) is 0 Å². The molecule has 0 saturated carbocycles. The van der Waals surface area contributed by atoms with Gasteiger partial charge in [-0.15, -0.1) is 0 Å². The van der Waals surface area contributed by atoms with E-state index in [0.29, 0.717) is 5.69 Å². The van der Waals surface area contributed by atoms with E-state index in [1.54, 1.807) is 12.4 Å². The third-order valence-electron chi connectivity index (χ3n) is 2.63. The average molecular weight is 223 g/mol. The predicted octanol–water partition coefficient (Wildman–Crippen LogP) is 0.584. The first kappa shape index (κ1) is 11.3. The molecule has 2 rings (SSSR count). The lowest BCUT2D eigenvalue weighted by atomic mass is 10.3. The summed E-state index contributed by atoms with van der Waals surface area (Å²) in [6.07, 6.45) is 4.56. The second kappa shape index (κ2) is 5.23. The third-order valence-corrected chi connectivity index (χ3v) is 2.63. The van der Waals surface area contributed by atoms with Crippen LogP contribution in [-0.4, -0.2) is 40.9 Å². The Labute approximate surface area is 95.1 Å². The largest absolute Gasteiger partial charge is 0.390 e. The summed E-state index contributed by atoms with van der Waals surface area (Å²) < 4.78 is 5.57. The fraction of sp³-hybridized carbons (Fsp3) is 0.636. The topological polar surface area (TPSA) is 58.5 Å². The maximum Gasteiger partial charge on any atom is 0.147 e. The molecule has 1 aromatic heterocycles. The van der Waals surface area contributed by atoms with E-state index in [0.717, 1.165) is 31.9 Å². The van der Waals surface area contributed by atoms with Gasteiger partial charge in [0.25, 0.3) is 0 Å². The van der Waals surface area contributed by atoms with Crippen LogP contribution in [0.2, 0.25) is 0 Å². The Kier molecular flexibility index (Phi) is 3.69. The minimum atomic E-state index is -0.0627. The summed E-state index contributed by atoms with van der Waals surface area (Å²) in [6.45, 7) is 4.59. The van der Waals surface area contributed by atoms with Crippen molar-refractivity contribution in [1.82, 2.24) is 9.97 Å². The molecule has 2 heterocycles. The van der Waals surface area contributed by atoms with Crippen molar-refractivity contribution in [3.05, 3.63) is 18.1 Å². The molecule has 5 heteroatoms. The first-order valence-electron chi connectivity index (χ1n) is 5.58. The number of aliphatic hydroxyl groups excluding tert-OH is 1. The maximum atomic E-state index is 8.89. The monoisotopic (exact) mass is 223 g/mol. The van der Waals surface area contributed by atoms with Gasteiger partial charge in [-0.1, -0.05) is 0 Å². The van der Waals surface area contributed by atoms with Crippen molar-refractivity contribution >= 4 is 5.82 Å². The van der Waals surface area contributed by atoms with Crippen LogP contribution >= 0.6 is 0 Å². The molecule has 0 aliphatic carbocycles. The number of hydrogen-bond acceptors (Lipinski definition) is 5. The highest BCUT2D eigenvalue weighted by atomic mass is 16.5. The fourth-order valence-corrected chi connectivity index (χ4v) is 1.80. The highest BCUT2D eigenvalue weighted by molar-refractivity contribution is 5.36. The molecule has 1 aliphatic heterocycles. The van der Waals surface area contributed by atoms with Crippen molar-refractivity contribution in [2.45, 2.75) is 26.1 Å². The zero-order chi connectivity index (χ0) is 11.4. The van der Waals surface area contributed by atoms with Gasteiger partial charge in [0.05, 0.1) is 30.8 Å². The van der Waals surface area contributed by atoms with Gasteiger partial charge < -0.3 is 14.7 Å². The summed E-state index contributed by atoms with van der Waals surface area (Å²) in [7, 11) is 0. The van der Waals surface area contributed by atoms with Crippen LogP contribution in [0.1, 0.15) is 19.0 Å². The molecule has 1 unspecified atom stereocenters. The van der Waals surface area contributed by atoms with Gasteiger partial charge in [0.2, 0.25) is 0 Å². The Bertz CT molecular complexity index is 329. The van der Waals surface area contributed by atoms with E-state index in [9.17, 15) is 0 Å². The normalized spacial score (nSPS) is 21.9. The minimum Gasteiger partial charge on any atom is -0.390 e. The summed E-state index contributed by atoms with van der Waals surface area (Å²) >= 11 is 0. The first-order chi connectivity index (χ1) is 7.79. The van der Waals surface area contributed by atoms with Crippen LogP contribution in [0.15, 0.2) is 12.4 Å². The fourth-order valence-electron chi connectivity index (χ4n) is 1.80. The number of nitrogens with zero attached hydrogens (tertiary/aromatic N) is 3. The molecule has 1 atom stereocenters. The van der Waals surface area contributed by atoms with Crippen LogP contribution in [0, 0.1) is 0 Å². The van der Waals surface area contributed by atoms with Crippen LogP contribution < -0.4 is 4.90 Å². The number of hydrogen-bond donors (Lipinski definition) is 1. The highest BCUT2D eigenvalue weighted by Gasteiger charge is 2.16. The van der Waals surface area contributed by atoms with Gasteiger partial charge in [0.1, 0.15) is 5.82 Å². The van der Waals surface area contributed by atoms with E-state index in [1.807, 2.05) is 0 Å². The number of aliphatic hydroxyl groups is 1. The van der Waals surface area contributed by atoms with E-state index in [2.05, 4.69) is 21.8 Å². The number of rotatable bonds is 2. The molecule has 0 aromatic carbocycles. The van der Waals surface area contributed by atoms with Gasteiger partial charge in [-0.3, -0.25) is 4.98 Å². The average Bonchev–Trinajstić information content (AvgIpc) is 2.54. The van der Waals surface area contributed by atoms with Crippen molar-refractivity contribution < 1.29 is 9.84 Å². The Hall–Kier alpha value is -1.20. The van der Waals surface area contributed by atoms with Crippen molar-refractivity contribution in [3.63, 3.8) is 0 Å². The molecule has 0 radical (unpaired) electrons. The summed E-state index contributed by atoms with van der Waals surface area (Å²) in [5.41, 5.74) is 0.600. The first-order valence-corrected chi connectivity index (χ1v) is 5.58. The molecule has 1 fully saturated rings. The lowest BCUT2D eigenvalue weighted by Crippen LogP contribution is -2.30. The van der Waals surface area contributed by atoms with E-state index >= 15 is 0 Å². The summed E-state index contributed by atoms with van der Waals surface area (Å²) in [4.78, 5) is 10.6. The Morgan fingerprint density at radius 1 is 1.50 bits per heavy atom. The predicted molar refractivity (Wildman–Crippen MR) is 60.2 cm³/mol. The molecular weight excluding hydrogens is 206 g/mol. The van der Waals surface area contributed by atoms with Gasteiger partial charge >= 0.3 is 0 Å². The van der Waals surface area contributed by atoms with Crippen LogP contribution in [0.5, 0.6) is 0 Å².